The molecule has 0 aromatic carbocycles. The third kappa shape index (κ3) is 4.75. The average Bonchev–Trinajstić information content (AvgIpc) is 2.50. The Morgan fingerprint density at radius 1 is 1.67 bits per heavy atom. The summed E-state index contributed by atoms with van der Waals surface area (Å²) in [6, 6.07) is 0. The van der Waals surface area contributed by atoms with E-state index in [1.807, 2.05) is 0 Å². The van der Waals surface area contributed by atoms with Gasteiger partial charge in [0.1, 0.15) is 0 Å². The number of hydrogen-bond acceptors (Lipinski definition) is 5. The van der Waals surface area contributed by atoms with Gasteiger partial charge in [-0.2, -0.15) is 0 Å². The highest BCUT2D eigenvalue weighted by Gasteiger charge is 2.04. The first kappa shape index (κ1) is 11.9. The number of carbonyl (C=O) groups is 1. The van der Waals surface area contributed by atoms with Crippen LogP contribution in [-0.2, 0) is 16.1 Å². The third-order valence-corrected chi connectivity index (χ3v) is 2.24. The second-order valence-electron chi connectivity index (χ2n) is 3.32. The van der Waals surface area contributed by atoms with Gasteiger partial charge in [-0.05, 0) is 13.8 Å². The Morgan fingerprint density at radius 2 is 2.40 bits per heavy atom. The fraction of sp³-hybridized carbons (Fsp3) is 0.556. The van der Waals surface area contributed by atoms with Gasteiger partial charge in [0.05, 0.1) is 12.6 Å². The van der Waals surface area contributed by atoms with Crippen molar-refractivity contribution in [1.29, 1.82) is 0 Å². The molecule has 0 unspecified atom stereocenters. The zero-order valence-electron chi connectivity index (χ0n) is 8.70. The molecule has 0 bridgehead atoms. The molecule has 1 aromatic rings. The van der Waals surface area contributed by atoms with E-state index in [0.29, 0.717) is 6.54 Å². The molecule has 0 saturated carbocycles. The van der Waals surface area contributed by atoms with Gasteiger partial charge in [-0.1, -0.05) is 11.3 Å². The fourth-order valence-corrected chi connectivity index (χ4v) is 1.59. The van der Waals surface area contributed by atoms with Crippen LogP contribution in [0.25, 0.3) is 0 Å². The number of H-pyrrole nitrogens is 1. The van der Waals surface area contributed by atoms with Crippen molar-refractivity contribution in [3.05, 3.63) is 20.7 Å². The first-order valence-corrected chi connectivity index (χ1v) is 5.53. The first-order chi connectivity index (χ1) is 7.08. The summed E-state index contributed by atoms with van der Waals surface area (Å²) in [5.74, 6) is -0.289. The molecule has 1 heterocycles. The number of ether oxygens (including phenoxy) is 1. The lowest BCUT2D eigenvalue weighted by Gasteiger charge is -2.07. The number of hydrogen-bond donors (Lipinski definition) is 2. The number of aromatic nitrogens is 1. The molecule has 6 heteroatoms. The lowest BCUT2D eigenvalue weighted by atomic mass is 10.4. The number of thiazole rings is 1. The van der Waals surface area contributed by atoms with Crippen LogP contribution in [0.15, 0.2) is 10.2 Å². The molecule has 0 spiro atoms. The van der Waals surface area contributed by atoms with E-state index < -0.39 is 0 Å². The summed E-state index contributed by atoms with van der Waals surface area (Å²) in [5, 5.41) is 4.61. The van der Waals surface area contributed by atoms with Crippen LogP contribution in [0.2, 0.25) is 0 Å². The molecule has 15 heavy (non-hydrogen) atoms. The van der Waals surface area contributed by atoms with E-state index in [-0.39, 0.29) is 23.5 Å². The van der Waals surface area contributed by atoms with Crippen LogP contribution in [0.3, 0.4) is 0 Å². The molecule has 0 aliphatic heterocycles. The van der Waals surface area contributed by atoms with E-state index in [1.54, 1.807) is 19.2 Å². The quantitative estimate of drug-likeness (QED) is 0.722. The van der Waals surface area contributed by atoms with Gasteiger partial charge in [0, 0.05) is 17.6 Å². The van der Waals surface area contributed by atoms with Gasteiger partial charge in [0.2, 0.25) is 0 Å². The predicted octanol–water partition coefficient (Wildman–Crippen LogP) is 0.478. The van der Waals surface area contributed by atoms with Gasteiger partial charge in [-0.3, -0.25) is 9.59 Å². The molecule has 1 aromatic heterocycles. The van der Waals surface area contributed by atoms with E-state index >= 15 is 0 Å². The largest absolute Gasteiger partial charge is 0.462 e. The van der Waals surface area contributed by atoms with Crippen LogP contribution < -0.4 is 10.2 Å². The van der Waals surface area contributed by atoms with E-state index in [4.69, 9.17) is 4.74 Å². The van der Waals surface area contributed by atoms with E-state index in [0.717, 1.165) is 17.0 Å². The normalized spacial score (nSPS) is 10.6. The topological polar surface area (TPSA) is 71.2 Å². The number of esters is 1. The van der Waals surface area contributed by atoms with Crippen molar-refractivity contribution in [3.63, 3.8) is 0 Å². The summed E-state index contributed by atoms with van der Waals surface area (Å²) >= 11 is 1.11. The Balaban J connectivity index is 2.22. The van der Waals surface area contributed by atoms with Crippen molar-refractivity contribution in [2.24, 2.45) is 0 Å². The van der Waals surface area contributed by atoms with Gasteiger partial charge in [0.15, 0.2) is 0 Å². The Labute approximate surface area is 91.5 Å². The molecule has 0 atom stereocenters. The fourth-order valence-electron chi connectivity index (χ4n) is 1.00. The highest BCUT2D eigenvalue weighted by Crippen LogP contribution is 1.94. The van der Waals surface area contributed by atoms with Crippen molar-refractivity contribution < 1.29 is 9.53 Å². The summed E-state index contributed by atoms with van der Waals surface area (Å²) < 4.78 is 4.92. The number of nitrogens with one attached hydrogen (secondary N) is 2. The molecule has 84 valence electrons. The molecule has 1 rings (SSSR count). The molecule has 2 N–H and O–H groups in total. The van der Waals surface area contributed by atoms with Crippen LogP contribution in [0.5, 0.6) is 0 Å². The second-order valence-corrected chi connectivity index (χ2v) is 4.16. The molecule has 0 fully saturated rings. The zero-order chi connectivity index (χ0) is 11.3. The standard InChI is InChI=1S/C9H14N2O3S/c1-6(2)14-8(12)4-10-3-7-5-15-9(13)11-7/h5-6,10H,3-4H2,1-2H3,(H,11,13). The highest BCUT2D eigenvalue weighted by atomic mass is 32.1. The third-order valence-electron chi connectivity index (χ3n) is 1.52. The minimum atomic E-state index is -0.289. The lowest BCUT2D eigenvalue weighted by molar-refractivity contribution is -0.146. The lowest BCUT2D eigenvalue weighted by Crippen LogP contribution is -2.26. The van der Waals surface area contributed by atoms with E-state index in [2.05, 4.69) is 10.3 Å². The van der Waals surface area contributed by atoms with Gasteiger partial charge in [-0.25, -0.2) is 0 Å². The maximum absolute atomic E-state index is 11.1. The van der Waals surface area contributed by atoms with E-state index in [1.165, 1.54) is 0 Å². The summed E-state index contributed by atoms with van der Waals surface area (Å²) in [5.41, 5.74) is 0.780. The molecule has 0 saturated heterocycles. The summed E-state index contributed by atoms with van der Waals surface area (Å²) in [6.45, 7) is 4.21. The first-order valence-electron chi connectivity index (χ1n) is 4.65. The molecule has 0 radical (unpaired) electrons. The Morgan fingerprint density at radius 3 is 2.93 bits per heavy atom. The molecular weight excluding hydrogens is 216 g/mol. The smallest absolute Gasteiger partial charge is 0.320 e. The second kappa shape index (κ2) is 5.67. The minimum absolute atomic E-state index is 0.0865. The maximum atomic E-state index is 11.1. The number of carbonyl (C=O) groups excluding carboxylic acids is 1. The summed E-state index contributed by atoms with van der Waals surface area (Å²) in [6.07, 6.45) is -0.0970. The maximum Gasteiger partial charge on any atom is 0.320 e. The van der Waals surface area contributed by atoms with Crippen LogP contribution in [0.1, 0.15) is 19.5 Å². The summed E-state index contributed by atoms with van der Waals surface area (Å²) in [4.78, 5) is 24.4. The Hall–Kier alpha value is -1.14. The van der Waals surface area contributed by atoms with Crippen LogP contribution in [0, 0.1) is 0 Å². The minimum Gasteiger partial charge on any atom is -0.462 e. The van der Waals surface area contributed by atoms with E-state index in [9.17, 15) is 9.59 Å². The van der Waals surface area contributed by atoms with Crippen molar-refractivity contribution in [1.82, 2.24) is 10.3 Å². The van der Waals surface area contributed by atoms with Crippen LogP contribution in [-0.4, -0.2) is 23.6 Å². The average molecular weight is 230 g/mol. The Bertz CT molecular complexity index is 369. The number of aromatic amines is 1. The monoisotopic (exact) mass is 230 g/mol. The van der Waals surface area contributed by atoms with Crippen molar-refractivity contribution in [2.45, 2.75) is 26.5 Å². The Kier molecular flexibility index (Phi) is 4.51. The van der Waals surface area contributed by atoms with Gasteiger partial charge in [-0.15, -0.1) is 0 Å². The van der Waals surface area contributed by atoms with Gasteiger partial charge < -0.3 is 15.0 Å². The van der Waals surface area contributed by atoms with Crippen molar-refractivity contribution >= 4 is 17.3 Å². The van der Waals surface area contributed by atoms with Crippen LogP contribution in [0.4, 0.5) is 0 Å². The van der Waals surface area contributed by atoms with Crippen LogP contribution >= 0.6 is 11.3 Å². The number of rotatable bonds is 5. The highest BCUT2D eigenvalue weighted by molar-refractivity contribution is 7.07. The summed E-state index contributed by atoms with van der Waals surface area (Å²) in [7, 11) is 0. The van der Waals surface area contributed by atoms with Gasteiger partial charge >= 0.3 is 10.8 Å². The van der Waals surface area contributed by atoms with Crippen molar-refractivity contribution in [3.8, 4) is 0 Å². The molecule has 0 aliphatic carbocycles. The molecular formula is C9H14N2O3S. The van der Waals surface area contributed by atoms with Crippen molar-refractivity contribution in [2.75, 3.05) is 6.54 Å². The van der Waals surface area contributed by atoms with Gasteiger partial charge in [0.25, 0.3) is 0 Å². The zero-order valence-corrected chi connectivity index (χ0v) is 9.52. The SMILES string of the molecule is CC(C)OC(=O)CNCc1csc(=O)[nH]1. The molecule has 0 aliphatic rings. The molecule has 0 amide bonds. The predicted molar refractivity (Wildman–Crippen MR) is 57.9 cm³/mol. The molecule has 5 nitrogen and oxygen atoms in total.